The van der Waals surface area contributed by atoms with Crippen LogP contribution < -0.4 is 10.6 Å². The number of nitrogens with zero attached hydrogens (tertiary/aromatic N) is 2. The Labute approximate surface area is 147 Å². The van der Waals surface area contributed by atoms with Gasteiger partial charge in [0.15, 0.2) is 0 Å². The summed E-state index contributed by atoms with van der Waals surface area (Å²) in [6, 6.07) is 8.49. The highest BCUT2D eigenvalue weighted by Crippen LogP contribution is 2.47. The van der Waals surface area contributed by atoms with Crippen LogP contribution in [0.15, 0.2) is 30.3 Å². The molecule has 6 heteroatoms. The third kappa shape index (κ3) is 4.38. The number of nitrogens with one attached hydrogen (secondary N) is 2. The van der Waals surface area contributed by atoms with E-state index < -0.39 is 0 Å². The number of aromatic nitrogens is 2. The first kappa shape index (κ1) is 17.5. The maximum Gasteiger partial charge on any atom is 0.314 e. The lowest BCUT2D eigenvalue weighted by Crippen LogP contribution is -2.40. The Balaban J connectivity index is 1.38. The van der Waals surface area contributed by atoms with Crippen molar-refractivity contribution in [1.29, 1.82) is 0 Å². The Morgan fingerprint density at radius 3 is 2.56 bits per heavy atom. The monoisotopic (exact) mass is 344 g/mol. The molecule has 3 rings (SSSR count). The van der Waals surface area contributed by atoms with Crippen LogP contribution in [0.4, 0.5) is 9.18 Å². The Bertz CT molecular complexity index is 734. The van der Waals surface area contributed by atoms with Gasteiger partial charge in [0.25, 0.3) is 0 Å². The number of rotatable bonds is 7. The van der Waals surface area contributed by atoms with Crippen molar-refractivity contribution in [1.82, 2.24) is 20.4 Å². The van der Waals surface area contributed by atoms with Gasteiger partial charge in [0.1, 0.15) is 5.82 Å². The van der Waals surface area contributed by atoms with E-state index in [1.54, 1.807) is 0 Å². The highest BCUT2D eigenvalue weighted by molar-refractivity contribution is 5.74. The minimum atomic E-state index is -0.229. The van der Waals surface area contributed by atoms with Crippen molar-refractivity contribution >= 4 is 6.03 Å². The lowest BCUT2D eigenvalue weighted by atomic mass is 9.96. The molecule has 2 N–H and O–H groups in total. The van der Waals surface area contributed by atoms with E-state index in [2.05, 4.69) is 15.7 Å². The van der Waals surface area contributed by atoms with E-state index in [1.807, 2.05) is 36.7 Å². The van der Waals surface area contributed by atoms with Gasteiger partial charge >= 0.3 is 6.03 Å². The third-order valence-electron chi connectivity index (χ3n) is 4.83. The van der Waals surface area contributed by atoms with Crippen molar-refractivity contribution in [2.75, 3.05) is 13.1 Å². The van der Waals surface area contributed by atoms with Gasteiger partial charge in [-0.15, -0.1) is 0 Å². The van der Waals surface area contributed by atoms with Crippen LogP contribution in [0.3, 0.4) is 0 Å². The quantitative estimate of drug-likeness (QED) is 0.759. The number of carbonyl (C=O) groups excluding carboxylic acids is 1. The number of carbonyl (C=O) groups is 1. The molecule has 5 nitrogen and oxygen atoms in total. The van der Waals surface area contributed by atoms with Crippen LogP contribution in [-0.2, 0) is 12.0 Å². The predicted octanol–water partition coefficient (Wildman–Crippen LogP) is 3.06. The molecule has 0 bridgehead atoms. The normalized spacial score (nSPS) is 15.0. The topological polar surface area (TPSA) is 59.0 Å². The summed E-state index contributed by atoms with van der Waals surface area (Å²) in [5, 5.41) is 10.2. The molecule has 0 aliphatic heterocycles. The van der Waals surface area contributed by atoms with E-state index in [1.165, 1.54) is 12.1 Å². The van der Waals surface area contributed by atoms with Crippen LogP contribution >= 0.6 is 0 Å². The Kier molecular flexibility index (Phi) is 5.06. The molecule has 1 fully saturated rings. The minimum absolute atomic E-state index is 0.0191. The summed E-state index contributed by atoms with van der Waals surface area (Å²) in [6.45, 7) is 5.99. The van der Waals surface area contributed by atoms with Crippen LogP contribution in [0.5, 0.6) is 0 Å². The second-order valence-corrected chi connectivity index (χ2v) is 6.90. The summed E-state index contributed by atoms with van der Waals surface area (Å²) < 4.78 is 15.0. The molecule has 25 heavy (non-hydrogen) atoms. The molecule has 134 valence electrons. The van der Waals surface area contributed by atoms with Crippen LogP contribution in [-0.4, -0.2) is 28.9 Å². The highest BCUT2D eigenvalue weighted by Gasteiger charge is 2.44. The SMILES string of the molecule is Cc1cc(C)n(CCCNC(=O)NCC2(c3ccc(F)cc3)CC2)n1. The van der Waals surface area contributed by atoms with Gasteiger partial charge in [0, 0.05) is 30.7 Å². The van der Waals surface area contributed by atoms with Crippen molar-refractivity contribution in [2.45, 2.75) is 45.1 Å². The lowest BCUT2D eigenvalue weighted by Gasteiger charge is -2.17. The molecule has 1 heterocycles. The number of amides is 2. The Hall–Kier alpha value is -2.37. The molecule has 0 atom stereocenters. The summed E-state index contributed by atoms with van der Waals surface area (Å²) in [5.41, 5.74) is 3.23. The molecule has 0 unspecified atom stereocenters. The predicted molar refractivity (Wildman–Crippen MR) is 95.0 cm³/mol. The molecule has 2 amide bonds. The van der Waals surface area contributed by atoms with Crippen LogP contribution in [0.1, 0.15) is 36.2 Å². The second-order valence-electron chi connectivity index (χ2n) is 6.90. The number of halogens is 1. The molecule has 2 aromatic rings. The zero-order valence-electron chi connectivity index (χ0n) is 14.8. The Morgan fingerprint density at radius 2 is 1.96 bits per heavy atom. The average molecular weight is 344 g/mol. The van der Waals surface area contributed by atoms with E-state index in [9.17, 15) is 9.18 Å². The van der Waals surface area contributed by atoms with Crippen molar-refractivity contribution in [2.24, 2.45) is 0 Å². The number of hydrogen-bond acceptors (Lipinski definition) is 2. The molecule has 1 saturated carbocycles. The van der Waals surface area contributed by atoms with E-state index >= 15 is 0 Å². The van der Waals surface area contributed by atoms with Gasteiger partial charge in [-0.2, -0.15) is 5.10 Å². The fraction of sp³-hybridized carbons (Fsp3) is 0.474. The molecule has 1 aliphatic rings. The van der Waals surface area contributed by atoms with Crippen molar-refractivity contribution in [3.8, 4) is 0 Å². The largest absolute Gasteiger partial charge is 0.338 e. The first-order chi connectivity index (χ1) is 12.0. The van der Waals surface area contributed by atoms with Gasteiger partial charge in [0.05, 0.1) is 5.69 Å². The minimum Gasteiger partial charge on any atom is -0.338 e. The number of aryl methyl sites for hydroxylation is 3. The molecule has 1 aromatic carbocycles. The molecule has 0 saturated heterocycles. The molecular weight excluding hydrogens is 319 g/mol. The number of urea groups is 1. The summed E-state index contributed by atoms with van der Waals surface area (Å²) in [5.74, 6) is -0.229. The molecule has 0 spiro atoms. The highest BCUT2D eigenvalue weighted by atomic mass is 19.1. The summed E-state index contributed by atoms with van der Waals surface area (Å²) in [4.78, 5) is 12.0. The van der Waals surface area contributed by atoms with Gasteiger partial charge in [-0.3, -0.25) is 4.68 Å². The zero-order chi connectivity index (χ0) is 17.9. The van der Waals surface area contributed by atoms with Gasteiger partial charge in [0.2, 0.25) is 0 Å². The van der Waals surface area contributed by atoms with Gasteiger partial charge in [-0.25, -0.2) is 9.18 Å². The summed E-state index contributed by atoms with van der Waals surface area (Å²) >= 11 is 0. The fourth-order valence-electron chi connectivity index (χ4n) is 3.17. The first-order valence-corrected chi connectivity index (χ1v) is 8.77. The average Bonchev–Trinajstić information content (AvgIpc) is 3.30. The van der Waals surface area contributed by atoms with E-state index in [0.29, 0.717) is 13.1 Å². The van der Waals surface area contributed by atoms with Crippen LogP contribution in [0.25, 0.3) is 0 Å². The maximum atomic E-state index is 13.0. The van der Waals surface area contributed by atoms with E-state index in [-0.39, 0.29) is 17.3 Å². The molecule has 1 aliphatic carbocycles. The number of benzene rings is 1. The van der Waals surface area contributed by atoms with Crippen molar-refractivity contribution in [3.05, 3.63) is 53.1 Å². The Morgan fingerprint density at radius 1 is 1.24 bits per heavy atom. The summed E-state index contributed by atoms with van der Waals surface area (Å²) in [6.07, 6.45) is 2.88. The zero-order valence-corrected chi connectivity index (χ0v) is 14.8. The van der Waals surface area contributed by atoms with E-state index in [0.717, 1.165) is 42.8 Å². The van der Waals surface area contributed by atoms with Crippen molar-refractivity contribution in [3.63, 3.8) is 0 Å². The standard InChI is InChI=1S/C19H25FN4O/c1-14-12-15(2)24(23-14)11-3-10-21-18(25)22-13-19(8-9-19)16-4-6-17(20)7-5-16/h4-7,12H,3,8-11,13H2,1-2H3,(H2,21,22,25). The fourth-order valence-corrected chi connectivity index (χ4v) is 3.17. The van der Waals surface area contributed by atoms with Gasteiger partial charge in [-0.05, 0) is 56.9 Å². The van der Waals surface area contributed by atoms with E-state index in [4.69, 9.17) is 0 Å². The van der Waals surface area contributed by atoms with Crippen molar-refractivity contribution < 1.29 is 9.18 Å². The van der Waals surface area contributed by atoms with Gasteiger partial charge < -0.3 is 10.6 Å². The summed E-state index contributed by atoms with van der Waals surface area (Å²) in [7, 11) is 0. The second kappa shape index (κ2) is 7.25. The van der Waals surface area contributed by atoms with Crippen LogP contribution in [0, 0.1) is 19.7 Å². The maximum absolute atomic E-state index is 13.0. The van der Waals surface area contributed by atoms with Gasteiger partial charge in [-0.1, -0.05) is 12.1 Å². The first-order valence-electron chi connectivity index (χ1n) is 8.77. The smallest absolute Gasteiger partial charge is 0.314 e. The molecule has 0 radical (unpaired) electrons. The third-order valence-corrected chi connectivity index (χ3v) is 4.83. The lowest BCUT2D eigenvalue weighted by molar-refractivity contribution is 0.239. The number of hydrogen-bond donors (Lipinski definition) is 2. The molecule has 1 aromatic heterocycles. The molecular formula is C19H25FN4O. The van der Waals surface area contributed by atoms with Crippen LogP contribution in [0.2, 0.25) is 0 Å².